The summed E-state index contributed by atoms with van der Waals surface area (Å²) >= 11 is 3.55. The van der Waals surface area contributed by atoms with Crippen molar-refractivity contribution in [3.63, 3.8) is 0 Å². The van der Waals surface area contributed by atoms with Crippen LogP contribution in [-0.2, 0) is 0 Å². The maximum Gasteiger partial charge on any atom is 0.0547 e. The highest BCUT2D eigenvalue weighted by Gasteiger charge is 2.02. The molecule has 0 heterocycles. The molecular weight excluding hydrogens is 192 g/mol. The SMILES string of the molecule is CC(CO)SCCSC(C)CO. The fourth-order valence-corrected chi connectivity index (χ4v) is 2.39. The number of thioether (sulfide) groups is 2. The zero-order valence-corrected chi connectivity index (χ0v) is 9.33. The lowest BCUT2D eigenvalue weighted by Gasteiger charge is -2.09. The standard InChI is InChI=1S/C8H18O2S2/c1-7(5-9)11-3-4-12-8(2)6-10/h7-10H,3-6H2,1-2H3. The van der Waals surface area contributed by atoms with Crippen molar-refractivity contribution in [2.24, 2.45) is 0 Å². The summed E-state index contributed by atoms with van der Waals surface area (Å²) in [5, 5.41) is 18.1. The summed E-state index contributed by atoms with van der Waals surface area (Å²) in [4.78, 5) is 0. The molecule has 0 aromatic carbocycles. The van der Waals surface area contributed by atoms with E-state index in [4.69, 9.17) is 10.2 Å². The van der Waals surface area contributed by atoms with Crippen molar-refractivity contribution < 1.29 is 10.2 Å². The van der Waals surface area contributed by atoms with E-state index in [1.165, 1.54) is 0 Å². The highest BCUT2D eigenvalue weighted by Crippen LogP contribution is 2.15. The molecule has 0 fully saturated rings. The molecule has 12 heavy (non-hydrogen) atoms. The van der Waals surface area contributed by atoms with E-state index in [0.29, 0.717) is 10.5 Å². The van der Waals surface area contributed by atoms with Crippen molar-refractivity contribution in [3.8, 4) is 0 Å². The molecule has 2 atom stereocenters. The van der Waals surface area contributed by atoms with Crippen LogP contribution in [0.2, 0.25) is 0 Å². The first-order valence-electron chi connectivity index (χ1n) is 4.15. The second-order valence-corrected chi connectivity index (χ2v) is 5.82. The molecule has 0 aromatic rings. The molecular formula is C8H18O2S2. The predicted octanol–water partition coefficient (Wildman–Crippen LogP) is 1.21. The molecule has 0 saturated heterocycles. The molecule has 0 rings (SSSR count). The van der Waals surface area contributed by atoms with Crippen LogP contribution in [0, 0.1) is 0 Å². The molecule has 2 N–H and O–H groups in total. The molecule has 4 heteroatoms. The topological polar surface area (TPSA) is 40.5 Å². The molecule has 0 saturated carbocycles. The van der Waals surface area contributed by atoms with Gasteiger partial charge in [-0.25, -0.2) is 0 Å². The summed E-state index contributed by atoms with van der Waals surface area (Å²) in [6.07, 6.45) is 0. The first-order chi connectivity index (χ1) is 5.70. The highest BCUT2D eigenvalue weighted by atomic mass is 32.2. The van der Waals surface area contributed by atoms with Gasteiger partial charge >= 0.3 is 0 Å². The van der Waals surface area contributed by atoms with Crippen LogP contribution in [0.3, 0.4) is 0 Å². The number of aliphatic hydroxyl groups is 2. The van der Waals surface area contributed by atoms with Gasteiger partial charge in [0.2, 0.25) is 0 Å². The summed E-state index contributed by atoms with van der Waals surface area (Å²) in [6, 6.07) is 0. The third-order valence-corrected chi connectivity index (χ3v) is 3.98. The smallest absolute Gasteiger partial charge is 0.0547 e. The van der Waals surface area contributed by atoms with E-state index in [1.807, 2.05) is 13.8 Å². The summed E-state index contributed by atoms with van der Waals surface area (Å²) in [5.74, 6) is 2.10. The van der Waals surface area contributed by atoms with Crippen molar-refractivity contribution in [3.05, 3.63) is 0 Å². The minimum Gasteiger partial charge on any atom is -0.395 e. The van der Waals surface area contributed by atoms with E-state index in [2.05, 4.69) is 0 Å². The van der Waals surface area contributed by atoms with Gasteiger partial charge in [0.15, 0.2) is 0 Å². The minimum atomic E-state index is 0.255. The summed E-state index contributed by atoms with van der Waals surface area (Å²) in [5.41, 5.74) is 0. The largest absolute Gasteiger partial charge is 0.395 e. The molecule has 2 nitrogen and oxygen atoms in total. The summed E-state index contributed by atoms with van der Waals surface area (Å²) < 4.78 is 0. The number of hydrogen-bond acceptors (Lipinski definition) is 4. The van der Waals surface area contributed by atoms with E-state index >= 15 is 0 Å². The van der Waals surface area contributed by atoms with Gasteiger partial charge in [-0.3, -0.25) is 0 Å². The molecule has 0 radical (unpaired) electrons. The van der Waals surface area contributed by atoms with Crippen LogP contribution >= 0.6 is 23.5 Å². The van der Waals surface area contributed by atoms with Crippen molar-refractivity contribution in [1.29, 1.82) is 0 Å². The average Bonchev–Trinajstić information content (AvgIpc) is 2.11. The fourth-order valence-electron chi connectivity index (χ4n) is 0.604. The Morgan fingerprint density at radius 3 is 1.50 bits per heavy atom. The molecule has 2 unspecified atom stereocenters. The Morgan fingerprint density at radius 1 is 0.917 bits per heavy atom. The van der Waals surface area contributed by atoms with Gasteiger partial charge in [-0.2, -0.15) is 23.5 Å². The van der Waals surface area contributed by atoms with Crippen molar-refractivity contribution in [2.75, 3.05) is 24.7 Å². The van der Waals surface area contributed by atoms with Crippen LogP contribution < -0.4 is 0 Å². The zero-order valence-electron chi connectivity index (χ0n) is 7.69. The maximum atomic E-state index is 8.72. The van der Waals surface area contributed by atoms with Crippen molar-refractivity contribution in [1.82, 2.24) is 0 Å². The van der Waals surface area contributed by atoms with Crippen molar-refractivity contribution in [2.45, 2.75) is 24.3 Å². The van der Waals surface area contributed by atoms with E-state index < -0.39 is 0 Å². The Morgan fingerprint density at radius 2 is 1.25 bits per heavy atom. The maximum absolute atomic E-state index is 8.72. The molecule has 74 valence electrons. The first kappa shape index (κ1) is 12.6. The molecule has 0 aromatic heterocycles. The predicted molar refractivity (Wildman–Crippen MR) is 58.0 cm³/mol. The lowest BCUT2D eigenvalue weighted by atomic mass is 10.5. The molecule has 0 amide bonds. The van der Waals surface area contributed by atoms with Crippen LogP contribution in [0.4, 0.5) is 0 Å². The number of aliphatic hydroxyl groups excluding tert-OH is 2. The van der Waals surface area contributed by atoms with E-state index in [0.717, 1.165) is 11.5 Å². The summed E-state index contributed by atoms with van der Waals surface area (Å²) in [7, 11) is 0. The molecule has 0 bridgehead atoms. The quantitative estimate of drug-likeness (QED) is 0.620. The Bertz CT molecular complexity index is 89.1. The Hall–Kier alpha value is 0.620. The van der Waals surface area contributed by atoms with Gasteiger partial charge < -0.3 is 10.2 Å². The van der Waals surface area contributed by atoms with E-state index in [1.54, 1.807) is 23.5 Å². The van der Waals surface area contributed by atoms with Crippen LogP contribution in [0.1, 0.15) is 13.8 Å². The van der Waals surface area contributed by atoms with Crippen molar-refractivity contribution >= 4 is 23.5 Å². The van der Waals surface area contributed by atoms with Crippen LogP contribution in [0.15, 0.2) is 0 Å². The lowest BCUT2D eigenvalue weighted by molar-refractivity contribution is 0.299. The monoisotopic (exact) mass is 210 g/mol. The first-order valence-corrected chi connectivity index (χ1v) is 6.25. The van der Waals surface area contributed by atoms with Gasteiger partial charge in [0.1, 0.15) is 0 Å². The normalized spacial score (nSPS) is 16.0. The van der Waals surface area contributed by atoms with Crippen LogP contribution in [-0.4, -0.2) is 45.4 Å². The number of hydrogen-bond donors (Lipinski definition) is 2. The highest BCUT2D eigenvalue weighted by molar-refractivity contribution is 8.03. The van der Waals surface area contributed by atoms with E-state index in [9.17, 15) is 0 Å². The second-order valence-electron chi connectivity index (χ2n) is 2.73. The van der Waals surface area contributed by atoms with Crippen LogP contribution in [0.25, 0.3) is 0 Å². The average molecular weight is 210 g/mol. The van der Waals surface area contributed by atoms with Gasteiger partial charge in [-0.05, 0) is 0 Å². The Labute approximate surface area is 83.1 Å². The minimum absolute atomic E-state index is 0.255. The molecule has 0 spiro atoms. The third kappa shape index (κ3) is 7.28. The lowest BCUT2D eigenvalue weighted by Crippen LogP contribution is -2.07. The van der Waals surface area contributed by atoms with Gasteiger partial charge in [0.25, 0.3) is 0 Å². The van der Waals surface area contributed by atoms with Gasteiger partial charge in [-0.15, -0.1) is 0 Å². The molecule has 0 aliphatic rings. The number of rotatable bonds is 7. The van der Waals surface area contributed by atoms with Gasteiger partial charge in [0, 0.05) is 22.0 Å². The van der Waals surface area contributed by atoms with Gasteiger partial charge in [-0.1, -0.05) is 13.8 Å². The molecule has 0 aliphatic carbocycles. The fraction of sp³-hybridized carbons (Fsp3) is 1.00. The third-order valence-electron chi connectivity index (χ3n) is 1.40. The second kappa shape index (κ2) is 8.23. The van der Waals surface area contributed by atoms with Crippen LogP contribution in [0.5, 0.6) is 0 Å². The Kier molecular flexibility index (Phi) is 8.65. The Balaban J connectivity index is 3.10. The van der Waals surface area contributed by atoms with Gasteiger partial charge in [0.05, 0.1) is 13.2 Å². The zero-order chi connectivity index (χ0) is 9.40. The molecule has 0 aliphatic heterocycles. The summed E-state index contributed by atoms with van der Waals surface area (Å²) in [6.45, 7) is 4.55. The van der Waals surface area contributed by atoms with E-state index in [-0.39, 0.29) is 13.2 Å².